The lowest BCUT2D eigenvalue weighted by Gasteiger charge is -2.15. The van der Waals surface area contributed by atoms with E-state index < -0.39 is 0 Å². The largest absolute Gasteiger partial charge is 0.299 e. The van der Waals surface area contributed by atoms with Gasteiger partial charge in [0.2, 0.25) is 0 Å². The highest BCUT2D eigenvalue weighted by atomic mass is 16.1. The van der Waals surface area contributed by atoms with Crippen molar-refractivity contribution in [1.29, 1.82) is 0 Å². The summed E-state index contributed by atoms with van der Waals surface area (Å²) in [6, 6.07) is 0. The minimum absolute atomic E-state index is 0.152. The van der Waals surface area contributed by atoms with Crippen LogP contribution in [0.3, 0.4) is 0 Å². The number of rotatable bonds is 7. The first kappa shape index (κ1) is 13.4. The van der Waals surface area contributed by atoms with E-state index in [2.05, 4.69) is 6.58 Å². The highest BCUT2D eigenvalue weighted by molar-refractivity contribution is 5.83. The first-order valence-corrected chi connectivity index (χ1v) is 5.62. The van der Waals surface area contributed by atoms with Crippen molar-refractivity contribution in [3.63, 3.8) is 0 Å². The van der Waals surface area contributed by atoms with Crippen LogP contribution >= 0.6 is 0 Å². The van der Waals surface area contributed by atoms with Crippen molar-refractivity contribution in [2.45, 2.75) is 59.3 Å². The van der Waals surface area contributed by atoms with Gasteiger partial charge >= 0.3 is 0 Å². The van der Waals surface area contributed by atoms with Crippen LogP contribution in [-0.2, 0) is 4.79 Å². The Bertz CT molecular complexity index is 174. The quantitative estimate of drug-likeness (QED) is 0.442. The van der Waals surface area contributed by atoms with Crippen molar-refractivity contribution >= 4 is 5.78 Å². The van der Waals surface area contributed by atoms with E-state index in [1.165, 1.54) is 19.3 Å². The van der Waals surface area contributed by atoms with E-state index in [-0.39, 0.29) is 5.41 Å². The van der Waals surface area contributed by atoms with E-state index in [4.69, 9.17) is 0 Å². The maximum atomic E-state index is 11.5. The van der Waals surface area contributed by atoms with Crippen LogP contribution in [0.4, 0.5) is 0 Å². The molecule has 0 saturated carbocycles. The lowest BCUT2D eigenvalue weighted by molar-refractivity contribution is -0.126. The smallest absolute Gasteiger partial charge is 0.138 e. The minimum Gasteiger partial charge on any atom is -0.299 e. The Labute approximate surface area is 88.6 Å². The van der Waals surface area contributed by atoms with Gasteiger partial charge < -0.3 is 0 Å². The highest BCUT2D eigenvalue weighted by Crippen LogP contribution is 2.18. The summed E-state index contributed by atoms with van der Waals surface area (Å²) in [6.45, 7) is 9.66. The fraction of sp³-hybridized carbons (Fsp3) is 0.769. The summed E-state index contributed by atoms with van der Waals surface area (Å²) in [5.74, 6) is 0.390. The number of hydrogen-bond acceptors (Lipinski definition) is 1. The number of carbonyl (C=O) groups is 1. The van der Waals surface area contributed by atoms with Crippen LogP contribution in [-0.4, -0.2) is 5.78 Å². The van der Waals surface area contributed by atoms with E-state index in [9.17, 15) is 4.79 Å². The van der Waals surface area contributed by atoms with Crippen molar-refractivity contribution < 1.29 is 4.79 Å². The van der Waals surface area contributed by atoms with Gasteiger partial charge in [-0.25, -0.2) is 0 Å². The zero-order valence-electron chi connectivity index (χ0n) is 9.94. The third-order valence-electron chi connectivity index (χ3n) is 2.40. The molecular weight excluding hydrogens is 172 g/mol. The Balaban J connectivity index is 3.37. The maximum absolute atomic E-state index is 11.5. The lowest BCUT2D eigenvalue weighted by atomic mass is 9.88. The van der Waals surface area contributed by atoms with Crippen molar-refractivity contribution in [3.8, 4) is 0 Å². The summed E-state index contributed by atoms with van der Waals surface area (Å²) < 4.78 is 0. The van der Waals surface area contributed by atoms with E-state index in [1.54, 1.807) is 0 Å². The second-order valence-electron chi connectivity index (χ2n) is 4.91. The molecule has 0 amide bonds. The Morgan fingerprint density at radius 3 is 2.21 bits per heavy atom. The molecule has 0 unspecified atom stereocenters. The number of ketones is 1. The highest BCUT2D eigenvalue weighted by Gasteiger charge is 2.19. The van der Waals surface area contributed by atoms with Gasteiger partial charge in [-0.2, -0.15) is 0 Å². The number of unbranched alkanes of at least 4 members (excludes halogenated alkanes) is 4. The van der Waals surface area contributed by atoms with Gasteiger partial charge in [0, 0.05) is 11.8 Å². The summed E-state index contributed by atoms with van der Waals surface area (Å²) in [4.78, 5) is 11.5. The molecule has 1 nitrogen and oxygen atoms in total. The monoisotopic (exact) mass is 196 g/mol. The number of hydrogen-bond donors (Lipinski definition) is 0. The van der Waals surface area contributed by atoms with Crippen molar-refractivity contribution in [2.24, 2.45) is 5.41 Å². The zero-order valence-corrected chi connectivity index (χ0v) is 9.94. The second kappa shape index (κ2) is 6.80. The molecule has 1 heteroatoms. The van der Waals surface area contributed by atoms with Gasteiger partial charge in [0.05, 0.1) is 0 Å². The van der Waals surface area contributed by atoms with Gasteiger partial charge in [-0.3, -0.25) is 4.79 Å². The summed E-state index contributed by atoms with van der Waals surface area (Å²) in [6.07, 6.45) is 8.48. The molecule has 0 aliphatic heterocycles. The molecule has 0 N–H and O–H groups in total. The van der Waals surface area contributed by atoms with Gasteiger partial charge in [0.1, 0.15) is 5.78 Å². The van der Waals surface area contributed by atoms with E-state index in [0.29, 0.717) is 5.78 Å². The lowest BCUT2D eigenvalue weighted by Crippen LogP contribution is -2.19. The molecule has 0 heterocycles. The Kier molecular flexibility index (Phi) is 6.52. The Morgan fingerprint density at radius 1 is 1.14 bits per heavy atom. The summed E-state index contributed by atoms with van der Waals surface area (Å²) >= 11 is 0. The fourth-order valence-corrected chi connectivity index (χ4v) is 1.30. The first-order chi connectivity index (χ1) is 6.48. The molecule has 0 aromatic carbocycles. The first-order valence-electron chi connectivity index (χ1n) is 5.62. The molecule has 0 aliphatic rings. The molecule has 0 aromatic heterocycles. The predicted octanol–water partition coefficient (Wildman–Crippen LogP) is 4.13. The maximum Gasteiger partial charge on any atom is 0.138 e. The van der Waals surface area contributed by atoms with E-state index in [1.807, 2.05) is 26.8 Å². The molecule has 0 rings (SSSR count). The number of Topliss-reactive ketones (excluding diaryl/α,β-unsaturated/α-hetero) is 1. The Hall–Kier alpha value is -0.590. The van der Waals surface area contributed by atoms with E-state index >= 15 is 0 Å². The number of allylic oxidation sites excluding steroid dienone is 1. The molecule has 0 spiro atoms. The average molecular weight is 196 g/mol. The van der Waals surface area contributed by atoms with Crippen LogP contribution in [0.2, 0.25) is 0 Å². The van der Waals surface area contributed by atoms with Gasteiger partial charge in [-0.15, -0.1) is 6.58 Å². The van der Waals surface area contributed by atoms with Crippen molar-refractivity contribution in [3.05, 3.63) is 12.7 Å². The second-order valence-corrected chi connectivity index (χ2v) is 4.91. The van der Waals surface area contributed by atoms with Gasteiger partial charge in [-0.1, -0.05) is 39.7 Å². The normalized spacial score (nSPS) is 11.4. The van der Waals surface area contributed by atoms with Gasteiger partial charge in [-0.05, 0) is 19.3 Å². The van der Waals surface area contributed by atoms with Crippen molar-refractivity contribution in [2.75, 3.05) is 0 Å². The summed E-state index contributed by atoms with van der Waals surface area (Å²) in [5, 5.41) is 0. The van der Waals surface area contributed by atoms with E-state index in [0.717, 1.165) is 19.3 Å². The van der Waals surface area contributed by atoms with Crippen LogP contribution < -0.4 is 0 Å². The molecule has 0 bridgehead atoms. The Morgan fingerprint density at radius 2 is 1.71 bits per heavy atom. The summed E-state index contributed by atoms with van der Waals surface area (Å²) in [5.41, 5.74) is -0.152. The molecule has 0 atom stereocenters. The van der Waals surface area contributed by atoms with Gasteiger partial charge in [0.25, 0.3) is 0 Å². The predicted molar refractivity (Wildman–Crippen MR) is 62.4 cm³/mol. The van der Waals surface area contributed by atoms with Crippen LogP contribution in [0.1, 0.15) is 59.3 Å². The van der Waals surface area contributed by atoms with Crippen LogP contribution in [0.5, 0.6) is 0 Å². The van der Waals surface area contributed by atoms with Crippen LogP contribution in [0.15, 0.2) is 12.7 Å². The minimum atomic E-state index is -0.152. The number of carbonyl (C=O) groups excluding carboxylic acids is 1. The van der Waals surface area contributed by atoms with Crippen LogP contribution in [0, 0.1) is 5.41 Å². The average Bonchev–Trinajstić information content (AvgIpc) is 2.09. The zero-order chi connectivity index (χ0) is 11.0. The third-order valence-corrected chi connectivity index (χ3v) is 2.40. The molecular formula is C13H24O. The molecule has 82 valence electrons. The SMILES string of the molecule is C=CCCCCCCC(=O)C(C)(C)C. The summed E-state index contributed by atoms with van der Waals surface area (Å²) in [7, 11) is 0. The van der Waals surface area contributed by atoms with Gasteiger partial charge in [0.15, 0.2) is 0 Å². The molecule has 0 fully saturated rings. The van der Waals surface area contributed by atoms with Crippen molar-refractivity contribution in [1.82, 2.24) is 0 Å². The third kappa shape index (κ3) is 6.88. The topological polar surface area (TPSA) is 17.1 Å². The van der Waals surface area contributed by atoms with Crippen LogP contribution in [0.25, 0.3) is 0 Å². The molecule has 0 aromatic rings. The molecule has 14 heavy (non-hydrogen) atoms. The fourth-order valence-electron chi connectivity index (χ4n) is 1.30. The molecule has 0 radical (unpaired) electrons. The molecule has 0 saturated heterocycles. The molecule has 0 aliphatic carbocycles. The standard InChI is InChI=1S/C13H24O/c1-5-6-7-8-9-10-11-12(14)13(2,3)4/h5H,1,6-11H2,2-4H3.